The fourth-order valence-corrected chi connectivity index (χ4v) is 5.54. The molecule has 9 heteroatoms. The Bertz CT molecular complexity index is 1230. The summed E-state index contributed by atoms with van der Waals surface area (Å²) in [5.41, 5.74) is 1.59. The molecule has 4 rings (SSSR count). The van der Waals surface area contributed by atoms with Crippen molar-refractivity contribution in [2.75, 3.05) is 6.54 Å². The van der Waals surface area contributed by atoms with E-state index in [2.05, 4.69) is 11.7 Å². The Morgan fingerprint density at radius 1 is 1.24 bits per heavy atom. The molecule has 1 amide bonds. The van der Waals surface area contributed by atoms with Crippen molar-refractivity contribution in [2.24, 2.45) is 0 Å². The largest absolute Gasteiger partial charge is 0.435 e. The van der Waals surface area contributed by atoms with E-state index in [0.717, 1.165) is 10.4 Å². The molecular formula is C24H23ClF3N3OS. The number of nitrogens with zero attached hydrogens (tertiary/aromatic N) is 3. The number of hydrogen-bond donors (Lipinski definition) is 0. The normalized spacial score (nSPS) is 16.2. The standard InChI is InChI=1S/C24H23ClF3N3OS/c1-13(2)23(32)30-10-18(17-9-21(25)33-20(17)12-30)15-7-5-6-8-16(15)19-11-31(14(3)4)29-22(19)24(26,27)28/h5-9,11,14,18H,1,10,12H2,2-4H3/t18-/m0/s1. The van der Waals surface area contributed by atoms with Gasteiger partial charge in [-0.05, 0) is 43.5 Å². The Morgan fingerprint density at radius 2 is 1.94 bits per heavy atom. The molecule has 0 saturated carbocycles. The number of halogens is 4. The summed E-state index contributed by atoms with van der Waals surface area (Å²) in [6, 6.07) is 8.64. The predicted octanol–water partition coefficient (Wildman–Crippen LogP) is 6.91. The molecule has 33 heavy (non-hydrogen) atoms. The van der Waals surface area contributed by atoms with Gasteiger partial charge >= 0.3 is 6.18 Å². The summed E-state index contributed by atoms with van der Waals surface area (Å²) in [5.74, 6) is -0.517. The van der Waals surface area contributed by atoms with Crippen LogP contribution in [-0.2, 0) is 17.5 Å². The number of rotatable bonds is 4. The minimum Gasteiger partial charge on any atom is -0.333 e. The van der Waals surface area contributed by atoms with E-state index in [1.807, 2.05) is 12.1 Å². The number of benzene rings is 1. The monoisotopic (exact) mass is 493 g/mol. The fraction of sp³-hybridized carbons (Fsp3) is 0.333. The van der Waals surface area contributed by atoms with Crippen molar-refractivity contribution in [1.82, 2.24) is 14.7 Å². The predicted molar refractivity (Wildman–Crippen MR) is 124 cm³/mol. The summed E-state index contributed by atoms with van der Waals surface area (Å²) in [7, 11) is 0. The topological polar surface area (TPSA) is 38.1 Å². The lowest BCUT2D eigenvalue weighted by atomic mass is 9.83. The van der Waals surface area contributed by atoms with Crippen molar-refractivity contribution in [3.63, 3.8) is 0 Å². The number of carbonyl (C=O) groups is 1. The molecule has 0 aliphatic carbocycles. The van der Waals surface area contributed by atoms with Gasteiger partial charge in [-0.1, -0.05) is 42.4 Å². The maximum Gasteiger partial charge on any atom is 0.435 e. The molecule has 1 aliphatic heterocycles. The summed E-state index contributed by atoms with van der Waals surface area (Å²) >= 11 is 7.69. The number of amides is 1. The van der Waals surface area contributed by atoms with Gasteiger partial charge in [0.05, 0.1) is 10.9 Å². The molecule has 3 aromatic rings. The Kier molecular flexibility index (Phi) is 6.18. The number of hydrogen-bond acceptors (Lipinski definition) is 3. The highest BCUT2D eigenvalue weighted by Gasteiger charge is 2.39. The fourth-order valence-electron chi connectivity index (χ4n) is 4.18. The molecule has 3 heterocycles. The quantitative estimate of drug-likeness (QED) is 0.370. The SMILES string of the molecule is C=C(C)C(=O)N1Cc2sc(Cl)cc2[C@H](c2ccccc2-c2cn(C(C)C)nc2C(F)(F)F)C1. The molecule has 0 fully saturated rings. The van der Waals surface area contributed by atoms with Crippen LogP contribution < -0.4 is 0 Å². The van der Waals surface area contributed by atoms with E-state index >= 15 is 0 Å². The lowest BCUT2D eigenvalue weighted by Crippen LogP contribution is -2.38. The van der Waals surface area contributed by atoms with Crippen LogP contribution in [0.15, 0.2) is 48.7 Å². The summed E-state index contributed by atoms with van der Waals surface area (Å²) in [6.07, 6.45) is -3.15. The molecule has 0 unspecified atom stereocenters. The number of fused-ring (bicyclic) bond motifs is 1. The van der Waals surface area contributed by atoms with E-state index in [1.54, 1.807) is 43.9 Å². The molecule has 0 N–H and O–H groups in total. The number of aromatic nitrogens is 2. The van der Waals surface area contributed by atoms with Crippen molar-refractivity contribution in [2.45, 2.75) is 45.5 Å². The van der Waals surface area contributed by atoms with Crippen LogP contribution in [0.3, 0.4) is 0 Å². The smallest absolute Gasteiger partial charge is 0.333 e. The second-order valence-electron chi connectivity index (χ2n) is 8.50. The Labute approximate surface area is 199 Å². The maximum atomic E-state index is 13.9. The van der Waals surface area contributed by atoms with E-state index in [1.165, 1.54) is 22.2 Å². The highest BCUT2D eigenvalue weighted by Crippen LogP contribution is 2.45. The van der Waals surface area contributed by atoms with Gasteiger partial charge < -0.3 is 4.90 Å². The van der Waals surface area contributed by atoms with Crippen LogP contribution >= 0.6 is 22.9 Å². The third-order valence-electron chi connectivity index (χ3n) is 5.73. The number of alkyl halides is 3. The zero-order valence-corrected chi connectivity index (χ0v) is 20.0. The third-order valence-corrected chi connectivity index (χ3v) is 7.00. The zero-order valence-electron chi connectivity index (χ0n) is 18.4. The van der Waals surface area contributed by atoms with E-state index in [9.17, 15) is 18.0 Å². The van der Waals surface area contributed by atoms with Gasteiger partial charge in [0.2, 0.25) is 5.91 Å². The van der Waals surface area contributed by atoms with Crippen LogP contribution in [-0.4, -0.2) is 27.1 Å². The molecule has 0 radical (unpaired) electrons. The molecule has 1 aliphatic rings. The van der Waals surface area contributed by atoms with Gasteiger partial charge in [0.15, 0.2) is 5.69 Å². The van der Waals surface area contributed by atoms with Crippen molar-refractivity contribution in [3.05, 3.63) is 74.7 Å². The first-order valence-electron chi connectivity index (χ1n) is 10.5. The minimum absolute atomic E-state index is 0.0260. The first-order valence-corrected chi connectivity index (χ1v) is 11.6. The third kappa shape index (κ3) is 4.46. The van der Waals surface area contributed by atoms with E-state index < -0.39 is 11.9 Å². The maximum absolute atomic E-state index is 13.9. The Hall–Kier alpha value is -2.58. The Morgan fingerprint density at radius 3 is 2.58 bits per heavy atom. The molecule has 174 valence electrons. The number of carbonyl (C=O) groups excluding carboxylic acids is 1. The van der Waals surface area contributed by atoms with Gasteiger partial charge in [0.1, 0.15) is 0 Å². The van der Waals surface area contributed by atoms with Crippen molar-refractivity contribution >= 4 is 28.8 Å². The van der Waals surface area contributed by atoms with Gasteiger partial charge in [0, 0.05) is 40.7 Å². The van der Waals surface area contributed by atoms with E-state index in [0.29, 0.717) is 34.1 Å². The summed E-state index contributed by atoms with van der Waals surface area (Å²) in [6.45, 7) is 9.70. The second-order valence-corrected chi connectivity index (χ2v) is 10.3. The summed E-state index contributed by atoms with van der Waals surface area (Å²) < 4.78 is 43.7. The molecular weight excluding hydrogens is 471 g/mol. The second kappa shape index (κ2) is 8.65. The van der Waals surface area contributed by atoms with E-state index in [4.69, 9.17) is 11.6 Å². The van der Waals surface area contributed by atoms with Gasteiger partial charge in [-0.15, -0.1) is 11.3 Å². The Balaban J connectivity index is 1.89. The minimum atomic E-state index is -4.60. The van der Waals surface area contributed by atoms with Crippen molar-refractivity contribution in [1.29, 1.82) is 0 Å². The lowest BCUT2D eigenvalue weighted by molar-refractivity contribution is -0.141. The molecule has 0 spiro atoms. The average Bonchev–Trinajstić information content (AvgIpc) is 3.35. The van der Waals surface area contributed by atoms with Crippen LogP contribution in [0.2, 0.25) is 4.34 Å². The molecule has 0 saturated heterocycles. The molecule has 1 aromatic carbocycles. The van der Waals surface area contributed by atoms with Gasteiger partial charge in [0.25, 0.3) is 0 Å². The van der Waals surface area contributed by atoms with Crippen LogP contribution in [0.4, 0.5) is 13.2 Å². The van der Waals surface area contributed by atoms with Crippen LogP contribution in [0.5, 0.6) is 0 Å². The van der Waals surface area contributed by atoms with Gasteiger partial charge in [-0.25, -0.2) is 0 Å². The lowest BCUT2D eigenvalue weighted by Gasteiger charge is -2.34. The summed E-state index contributed by atoms with van der Waals surface area (Å²) in [4.78, 5) is 15.4. The van der Waals surface area contributed by atoms with Crippen molar-refractivity contribution < 1.29 is 18.0 Å². The summed E-state index contributed by atoms with van der Waals surface area (Å²) in [5, 5.41) is 3.85. The zero-order chi connectivity index (χ0) is 24.1. The van der Waals surface area contributed by atoms with Crippen LogP contribution in [0.25, 0.3) is 11.1 Å². The average molecular weight is 494 g/mol. The highest BCUT2D eigenvalue weighted by atomic mass is 35.5. The van der Waals surface area contributed by atoms with Gasteiger partial charge in [-0.3, -0.25) is 9.48 Å². The molecule has 0 bridgehead atoms. The first kappa shape index (κ1) is 23.6. The van der Waals surface area contributed by atoms with E-state index in [-0.39, 0.29) is 23.4 Å². The first-order chi connectivity index (χ1) is 15.5. The van der Waals surface area contributed by atoms with Crippen molar-refractivity contribution in [3.8, 4) is 11.1 Å². The van der Waals surface area contributed by atoms with Crippen LogP contribution in [0.1, 0.15) is 54.4 Å². The molecule has 2 aromatic heterocycles. The van der Waals surface area contributed by atoms with Crippen LogP contribution in [0, 0.1) is 0 Å². The highest BCUT2D eigenvalue weighted by molar-refractivity contribution is 7.16. The van der Waals surface area contributed by atoms with Gasteiger partial charge in [-0.2, -0.15) is 18.3 Å². The molecule has 1 atom stereocenters. The molecule has 4 nitrogen and oxygen atoms in total. The number of thiophene rings is 1.